The maximum absolute atomic E-state index is 13.3. The molecule has 5 N–H and O–H groups in total. The molecule has 50 heavy (non-hydrogen) atoms. The van der Waals surface area contributed by atoms with Crippen LogP contribution in [0.2, 0.25) is 0 Å². The average molecular weight is 701 g/mol. The number of fused-ring (bicyclic) bond motifs is 3. The van der Waals surface area contributed by atoms with Crippen LogP contribution in [0.15, 0.2) is 124 Å². The van der Waals surface area contributed by atoms with E-state index < -0.39 is 11.9 Å². The molecule has 0 saturated carbocycles. The molecule has 2 aromatic carbocycles. The van der Waals surface area contributed by atoms with E-state index in [-0.39, 0.29) is 28.5 Å². The lowest BCUT2D eigenvalue weighted by Crippen LogP contribution is -2.32. The first-order valence-corrected chi connectivity index (χ1v) is 17.5. The molecular weight excluding hydrogens is 669 g/mol. The van der Waals surface area contributed by atoms with E-state index in [1.807, 2.05) is 110 Å². The molecule has 0 fully saturated rings. The number of nitrogen functional groups attached to an aromatic ring is 1. The number of thiophene rings is 2. The van der Waals surface area contributed by atoms with Gasteiger partial charge in [0.05, 0.1) is 16.8 Å². The van der Waals surface area contributed by atoms with Gasteiger partial charge in [0, 0.05) is 50.6 Å². The molecule has 0 radical (unpaired) electrons. The highest BCUT2D eigenvalue weighted by molar-refractivity contribution is 7.17. The maximum Gasteiger partial charge on any atom is 0.264 e. The van der Waals surface area contributed by atoms with E-state index in [0.717, 1.165) is 31.9 Å². The molecule has 8 rings (SSSR count). The second-order valence-corrected chi connectivity index (χ2v) is 13.5. The van der Waals surface area contributed by atoms with Gasteiger partial charge in [0.2, 0.25) is 0 Å². The van der Waals surface area contributed by atoms with Crippen LogP contribution in [0.25, 0.3) is 37.2 Å². The molecule has 11 nitrogen and oxygen atoms in total. The Morgan fingerprint density at radius 2 is 1.32 bits per heavy atom. The molecule has 6 aromatic heterocycles. The Balaban J connectivity index is 0.000000176. The van der Waals surface area contributed by atoms with Crippen molar-refractivity contribution >= 4 is 60.2 Å². The average Bonchev–Trinajstić information content (AvgIpc) is 3.87. The van der Waals surface area contributed by atoms with Gasteiger partial charge in [-0.25, -0.2) is 9.50 Å². The number of amides is 1. The molecule has 250 valence electrons. The van der Waals surface area contributed by atoms with Crippen molar-refractivity contribution in [2.75, 3.05) is 5.73 Å². The van der Waals surface area contributed by atoms with Crippen molar-refractivity contribution in [3.63, 3.8) is 0 Å². The van der Waals surface area contributed by atoms with Crippen LogP contribution >= 0.6 is 22.7 Å². The van der Waals surface area contributed by atoms with Gasteiger partial charge in [-0.1, -0.05) is 36.4 Å². The molecule has 0 aliphatic rings. The monoisotopic (exact) mass is 700 g/mol. The van der Waals surface area contributed by atoms with E-state index in [1.54, 1.807) is 38.9 Å². The zero-order valence-corrected chi connectivity index (χ0v) is 28.7. The fraction of sp³-hybridized carbons (Fsp3) is 0.108. The van der Waals surface area contributed by atoms with Crippen LogP contribution in [0.3, 0.4) is 0 Å². The number of para-hydroxylation sites is 2. The molecule has 0 unspecified atom stereocenters. The molecule has 0 bridgehead atoms. The van der Waals surface area contributed by atoms with Gasteiger partial charge < -0.3 is 16.8 Å². The molecular formula is C37H32N8O3S2. The number of rotatable bonds is 6. The Labute approximate surface area is 293 Å². The smallest absolute Gasteiger partial charge is 0.264 e. The highest BCUT2D eigenvalue weighted by Gasteiger charge is 2.23. The summed E-state index contributed by atoms with van der Waals surface area (Å²) in [7, 11) is 0. The number of pyridine rings is 2. The third kappa shape index (κ3) is 5.98. The zero-order chi connectivity index (χ0) is 34.9. The van der Waals surface area contributed by atoms with Gasteiger partial charge >= 0.3 is 0 Å². The Hall–Kier alpha value is -5.89. The van der Waals surface area contributed by atoms with E-state index in [9.17, 15) is 14.4 Å². The van der Waals surface area contributed by atoms with Crippen LogP contribution in [0.1, 0.15) is 47.7 Å². The van der Waals surface area contributed by atoms with Crippen molar-refractivity contribution in [1.29, 1.82) is 0 Å². The van der Waals surface area contributed by atoms with Crippen molar-refractivity contribution in [3.05, 3.63) is 152 Å². The van der Waals surface area contributed by atoms with Crippen LogP contribution in [-0.4, -0.2) is 29.6 Å². The summed E-state index contributed by atoms with van der Waals surface area (Å²) in [6.45, 7) is 3.73. The molecule has 0 spiro atoms. The highest BCUT2D eigenvalue weighted by Crippen LogP contribution is 2.26. The van der Waals surface area contributed by atoms with Crippen molar-refractivity contribution in [1.82, 2.24) is 29.0 Å². The molecule has 1 amide bonds. The van der Waals surface area contributed by atoms with E-state index in [1.165, 1.54) is 15.9 Å². The van der Waals surface area contributed by atoms with Crippen molar-refractivity contribution in [2.24, 2.45) is 5.73 Å². The number of hydrogen-bond donors (Lipinski definition) is 3. The van der Waals surface area contributed by atoms with Crippen molar-refractivity contribution < 1.29 is 4.79 Å². The summed E-state index contributed by atoms with van der Waals surface area (Å²) in [5.74, 6) is -0.311. The lowest BCUT2D eigenvalue weighted by molar-refractivity contribution is 0.0941. The molecule has 13 heteroatoms. The fourth-order valence-corrected chi connectivity index (χ4v) is 7.54. The van der Waals surface area contributed by atoms with Crippen molar-refractivity contribution in [3.8, 4) is 11.4 Å². The quantitative estimate of drug-likeness (QED) is 0.186. The van der Waals surface area contributed by atoms with Crippen LogP contribution in [-0.2, 0) is 0 Å². The predicted molar refractivity (Wildman–Crippen MR) is 201 cm³/mol. The van der Waals surface area contributed by atoms with Crippen molar-refractivity contribution in [2.45, 2.75) is 25.9 Å². The molecule has 8 aromatic rings. The normalized spacial score (nSPS) is 12.5. The summed E-state index contributed by atoms with van der Waals surface area (Å²) in [6, 6.07) is 27.7. The van der Waals surface area contributed by atoms with Gasteiger partial charge in [-0.15, -0.1) is 27.8 Å². The van der Waals surface area contributed by atoms with Gasteiger partial charge in [-0.3, -0.25) is 23.5 Å². The van der Waals surface area contributed by atoms with Crippen LogP contribution < -0.4 is 27.9 Å². The predicted octanol–water partition coefficient (Wildman–Crippen LogP) is 6.24. The van der Waals surface area contributed by atoms with Crippen LogP contribution in [0.5, 0.6) is 0 Å². The van der Waals surface area contributed by atoms with E-state index in [2.05, 4.69) is 15.4 Å². The summed E-state index contributed by atoms with van der Waals surface area (Å²) in [5, 5.41) is 12.3. The Bertz CT molecular complexity index is 2600. The Morgan fingerprint density at radius 3 is 1.88 bits per heavy atom. The van der Waals surface area contributed by atoms with Gasteiger partial charge in [0.25, 0.3) is 17.0 Å². The number of benzene rings is 2. The fourth-order valence-electron chi connectivity index (χ4n) is 5.90. The van der Waals surface area contributed by atoms with E-state index >= 15 is 0 Å². The van der Waals surface area contributed by atoms with Gasteiger partial charge in [-0.05, 0) is 79.2 Å². The summed E-state index contributed by atoms with van der Waals surface area (Å²) >= 11 is 3.06. The Kier molecular flexibility index (Phi) is 8.85. The van der Waals surface area contributed by atoms with E-state index in [4.69, 9.17) is 11.5 Å². The summed E-state index contributed by atoms with van der Waals surface area (Å²) in [4.78, 5) is 43.2. The first-order valence-electron chi connectivity index (χ1n) is 15.8. The zero-order valence-electron chi connectivity index (χ0n) is 27.1. The van der Waals surface area contributed by atoms with Crippen LogP contribution in [0, 0.1) is 0 Å². The molecule has 0 saturated heterocycles. The standard InChI is InChI=1S/C22H18N6O2S.C15H14N2OS/c1-13(25-21(29)18-19(23)26-27-10-5-9-24-20(18)27)16-12-17-15(8-11-31-17)22(30)28(16)14-6-3-2-4-7-14;1-10(16)13-9-14-12(7-8-19-14)15(18)17(13)11-5-3-2-4-6-11/h2-13H,1H3,(H2,23,26)(H,25,29);2-10H,16H2,1H3/t13-;10-/m00/s1. The Morgan fingerprint density at radius 1 is 0.780 bits per heavy atom. The van der Waals surface area contributed by atoms with Gasteiger partial charge in [0.1, 0.15) is 5.56 Å². The third-order valence-corrected chi connectivity index (χ3v) is 10.00. The molecule has 6 heterocycles. The number of nitrogens with one attached hydrogen (secondary N) is 1. The van der Waals surface area contributed by atoms with Crippen LogP contribution in [0.4, 0.5) is 5.82 Å². The second-order valence-electron chi connectivity index (χ2n) is 11.6. The topological polar surface area (TPSA) is 155 Å². The second kappa shape index (κ2) is 13.6. The molecule has 0 aliphatic heterocycles. The van der Waals surface area contributed by atoms with E-state index in [0.29, 0.717) is 16.7 Å². The number of hydrogen-bond acceptors (Lipinski definition) is 9. The number of carbonyl (C=O) groups is 1. The SMILES string of the molecule is C[C@H](N)c1cc2sccc2c(=O)n1-c1ccccc1.C[C@H](NC(=O)c1c(N)nn2cccnc12)c1cc2sccc2c(=O)n1-c1ccccc1. The lowest BCUT2D eigenvalue weighted by Gasteiger charge is -2.20. The first-order chi connectivity index (χ1) is 24.2. The number of aromatic nitrogens is 5. The minimum Gasteiger partial charge on any atom is -0.381 e. The largest absolute Gasteiger partial charge is 0.381 e. The highest BCUT2D eigenvalue weighted by atomic mass is 32.1. The maximum atomic E-state index is 13.3. The minimum atomic E-state index is -0.482. The third-order valence-electron chi connectivity index (χ3n) is 8.27. The minimum absolute atomic E-state index is 0.00255. The molecule has 0 aliphatic carbocycles. The number of nitrogens with two attached hydrogens (primary N) is 2. The number of carbonyl (C=O) groups excluding carboxylic acids is 1. The van der Waals surface area contributed by atoms with Gasteiger partial charge in [0.15, 0.2) is 11.5 Å². The summed E-state index contributed by atoms with van der Waals surface area (Å²) in [5.41, 5.74) is 15.6. The number of anilines is 1. The first kappa shape index (κ1) is 32.6. The summed E-state index contributed by atoms with van der Waals surface area (Å²) in [6.07, 6.45) is 3.26. The summed E-state index contributed by atoms with van der Waals surface area (Å²) < 4.78 is 6.67. The molecule has 2 atom stereocenters. The van der Waals surface area contributed by atoms with Gasteiger partial charge in [-0.2, -0.15) is 0 Å². The number of nitrogens with zero attached hydrogens (tertiary/aromatic N) is 5. The lowest BCUT2D eigenvalue weighted by atomic mass is 10.1.